The van der Waals surface area contributed by atoms with Crippen molar-refractivity contribution in [1.82, 2.24) is 4.90 Å². The minimum Gasteiger partial charge on any atom is -0.327 e. The Bertz CT molecular complexity index is 329. The molecule has 3 aliphatic rings. The topological polar surface area (TPSA) is 53.0 Å². The minimum absolute atomic E-state index is 0.367. The van der Waals surface area contributed by atoms with E-state index in [1.807, 2.05) is 0 Å². The molecule has 94 valence electrons. The molecule has 0 aromatic rings. The maximum absolute atomic E-state index is 8.88. The molecule has 3 unspecified atom stereocenters. The zero-order valence-corrected chi connectivity index (χ0v) is 10.6. The van der Waals surface area contributed by atoms with Crippen LogP contribution >= 0.6 is 0 Å². The number of hydrogen-bond acceptors (Lipinski definition) is 3. The summed E-state index contributed by atoms with van der Waals surface area (Å²) in [4.78, 5) is 2.60. The third kappa shape index (κ3) is 2.21. The Kier molecular flexibility index (Phi) is 2.88. The average molecular weight is 233 g/mol. The number of nitrogens with zero attached hydrogens (tertiary/aromatic N) is 2. The van der Waals surface area contributed by atoms with Crippen LogP contribution < -0.4 is 5.73 Å². The normalized spacial score (nSPS) is 39.6. The summed E-state index contributed by atoms with van der Waals surface area (Å²) in [7, 11) is 0. The maximum Gasteiger partial charge on any atom is 0.0628 e. The Morgan fingerprint density at radius 1 is 1.29 bits per heavy atom. The van der Waals surface area contributed by atoms with Crippen LogP contribution in [0, 0.1) is 28.6 Å². The number of hydrogen-bond donors (Lipinski definition) is 1. The molecule has 3 rings (SSSR count). The van der Waals surface area contributed by atoms with Crippen LogP contribution in [-0.2, 0) is 0 Å². The van der Waals surface area contributed by atoms with Gasteiger partial charge in [0.1, 0.15) is 0 Å². The van der Waals surface area contributed by atoms with E-state index in [0.29, 0.717) is 11.5 Å². The average Bonchev–Trinajstić information content (AvgIpc) is 2.90. The lowest BCUT2D eigenvalue weighted by Gasteiger charge is -2.30. The molecule has 0 amide bonds. The molecule has 2 saturated carbocycles. The highest BCUT2D eigenvalue weighted by Gasteiger charge is 2.47. The van der Waals surface area contributed by atoms with Gasteiger partial charge in [0.25, 0.3) is 0 Å². The SMILES string of the molecule is N#CCC1(CN2CC3CCCC(N)C3C2)CC1. The second kappa shape index (κ2) is 4.26. The van der Waals surface area contributed by atoms with Crippen molar-refractivity contribution >= 4 is 0 Å². The van der Waals surface area contributed by atoms with Gasteiger partial charge >= 0.3 is 0 Å². The van der Waals surface area contributed by atoms with Gasteiger partial charge in [0.2, 0.25) is 0 Å². The highest BCUT2D eigenvalue weighted by Crippen LogP contribution is 2.50. The summed E-state index contributed by atoms with van der Waals surface area (Å²) in [6.07, 6.45) is 7.19. The summed E-state index contributed by atoms with van der Waals surface area (Å²) in [6.45, 7) is 3.59. The summed E-state index contributed by atoms with van der Waals surface area (Å²) in [5.41, 5.74) is 6.61. The molecular weight excluding hydrogens is 210 g/mol. The fourth-order valence-corrected chi connectivity index (χ4v) is 3.95. The quantitative estimate of drug-likeness (QED) is 0.808. The Morgan fingerprint density at radius 2 is 2.12 bits per heavy atom. The Hall–Kier alpha value is -0.590. The van der Waals surface area contributed by atoms with Crippen LogP contribution in [0.1, 0.15) is 38.5 Å². The lowest BCUT2D eigenvalue weighted by molar-refractivity contribution is 0.249. The van der Waals surface area contributed by atoms with Crippen molar-refractivity contribution in [2.45, 2.75) is 44.6 Å². The third-order valence-corrected chi connectivity index (χ3v) is 5.20. The summed E-state index contributed by atoms with van der Waals surface area (Å²) >= 11 is 0. The van der Waals surface area contributed by atoms with Crippen molar-refractivity contribution in [2.24, 2.45) is 23.0 Å². The van der Waals surface area contributed by atoms with Crippen LogP contribution in [0.3, 0.4) is 0 Å². The van der Waals surface area contributed by atoms with E-state index >= 15 is 0 Å². The molecule has 3 heteroatoms. The summed E-state index contributed by atoms with van der Waals surface area (Å²) in [6, 6.07) is 2.80. The van der Waals surface area contributed by atoms with Crippen LogP contribution in [-0.4, -0.2) is 30.6 Å². The van der Waals surface area contributed by atoms with E-state index in [-0.39, 0.29) is 0 Å². The van der Waals surface area contributed by atoms with E-state index in [0.717, 1.165) is 24.8 Å². The smallest absolute Gasteiger partial charge is 0.0628 e. The van der Waals surface area contributed by atoms with Gasteiger partial charge in [0.05, 0.1) is 6.07 Å². The molecule has 0 aromatic carbocycles. The number of rotatable bonds is 3. The fraction of sp³-hybridized carbons (Fsp3) is 0.929. The molecule has 3 fully saturated rings. The van der Waals surface area contributed by atoms with E-state index < -0.39 is 0 Å². The van der Waals surface area contributed by atoms with Gasteiger partial charge < -0.3 is 10.6 Å². The molecule has 3 nitrogen and oxygen atoms in total. The maximum atomic E-state index is 8.88. The van der Waals surface area contributed by atoms with Gasteiger partial charge in [-0.15, -0.1) is 0 Å². The molecule has 0 bridgehead atoms. The first-order chi connectivity index (χ1) is 8.22. The number of nitrogens with two attached hydrogens (primary N) is 1. The van der Waals surface area contributed by atoms with Gasteiger partial charge in [-0.2, -0.15) is 5.26 Å². The predicted molar refractivity (Wildman–Crippen MR) is 67.1 cm³/mol. The number of fused-ring (bicyclic) bond motifs is 1. The molecule has 1 heterocycles. The number of likely N-dealkylation sites (tertiary alicyclic amines) is 1. The summed E-state index contributed by atoms with van der Waals surface area (Å²) < 4.78 is 0. The molecule has 2 N–H and O–H groups in total. The van der Waals surface area contributed by atoms with E-state index in [2.05, 4.69) is 11.0 Å². The van der Waals surface area contributed by atoms with Crippen molar-refractivity contribution in [3.63, 3.8) is 0 Å². The van der Waals surface area contributed by atoms with Crippen molar-refractivity contribution in [1.29, 1.82) is 5.26 Å². The molecule has 3 atom stereocenters. The fourth-order valence-electron chi connectivity index (χ4n) is 3.95. The van der Waals surface area contributed by atoms with E-state index in [9.17, 15) is 0 Å². The van der Waals surface area contributed by atoms with Gasteiger partial charge in [0.15, 0.2) is 0 Å². The monoisotopic (exact) mass is 233 g/mol. The molecule has 17 heavy (non-hydrogen) atoms. The Labute approximate surface area is 104 Å². The zero-order chi connectivity index (χ0) is 11.9. The van der Waals surface area contributed by atoms with Crippen LogP contribution in [0.15, 0.2) is 0 Å². The van der Waals surface area contributed by atoms with Crippen LogP contribution in [0.4, 0.5) is 0 Å². The Balaban J connectivity index is 1.59. The van der Waals surface area contributed by atoms with Crippen molar-refractivity contribution in [3.8, 4) is 6.07 Å². The molecule has 1 aliphatic heterocycles. The van der Waals surface area contributed by atoms with Gasteiger partial charge in [0, 0.05) is 32.1 Å². The van der Waals surface area contributed by atoms with E-state index in [1.54, 1.807) is 0 Å². The number of nitriles is 1. The molecule has 2 aliphatic carbocycles. The lowest BCUT2D eigenvalue weighted by Crippen LogP contribution is -2.38. The molecule has 0 spiro atoms. The first-order valence-corrected chi connectivity index (χ1v) is 7.07. The largest absolute Gasteiger partial charge is 0.327 e. The van der Waals surface area contributed by atoms with E-state index in [1.165, 1.54) is 45.2 Å². The van der Waals surface area contributed by atoms with Gasteiger partial charge in [-0.3, -0.25) is 0 Å². The van der Waals surface area contributed by atoms with Gasteiger partial charge in [-0.05, 0) is 42.9 Å². The highest BCUT2D eigenvalue weighted by molar-refractivity contribution is 5.03. The summed E-state index contributed by atoms with van der Waals surface area (Å²) in [5, 5.41) is 8.88. The van der Waals surface area contributed by atoms with Gasteiger partial charge in [-0.1, -0.05) is 6.42 Å². The van der Waals surface area contributed by atoms with Crippen LogP contribution in [0.25, 0.3) is 0 Å². The van der Waals surface area contributed by atoms with Crippen molar-refractivity contribution in [3.05, 3.63) is 0 Å². The van der Waals surface area contributed by atoms with Gasteiger partial charge in [-0.25, -0.2) is 0 Å². The highest BCUT2D eigenvalue weighted by atomic mass is 15.2. The third-order valence-electron chi connectivity index (χ3n) is 5.20. The Morgan fingerprint density at radius 3 is 2.76 bits per heavy atom. The standard InChI is InChI=1S/C14H23N3/c15-7-6-14(4-5-14)10-17-8-11-2-1-3-13(16)12(11)9-17/h11-13H,1-6,8-10,16H2. The molecule has 1 saturated heterocycles. The zero-order valence-electron chi connectivity index (χ0n) is 10.6. The summed E-state index contributed by atoms with van der Waals surface area (Å²) in [5.74, 6) is 1.58. The van der Waals surface area contributed by atoms with Crippen molar-refractivity contribution in [2.75, 3.05) is 19.6 Å². The molecule has 0 aromatic heterocycles. The minimum atomic E-state index is 0.367. The first-order valence-electron chi connectivity index (χ1n) is 7.07. The second-order valence-electron chi connectivity index (χ2n) is 6.55. The predicted octanol–water partition coefficient (Wildman–Crippen LogP) is 1.74. The first kappa shape index (κ1) is 11.5. The van der Waals surface area contributed by atoms with Crippen molar-refractivity contribution < 1.29 is 0 Å². The second-order valence-corrected chi connectivity index (χ2v) is 6.55. The molecular formula is C14H23N3. The lowest BCUT2D eigenvalue weighted by atomic mass is 9.78. The van der Waals surface area contributed by atoms with Crippen LogP contribution in [0.5, 0.6) is 0 Å². The van der Waals surface area contributed by atoms with Crippen LogP contribution in [0.2, 0.25) is 0 Å². The van der Waals surface area contributed by atoms with E-state index in [4.69, 9.17) is 11.0 Å². The molecule has 0 radical (unpaired) electrons.